The van der Waals surface area contributed by atoms with E-state index in [0.717, 1.165) is 6.07 Å². The van der Waals surface area contributed by atoms with E-state index in [9.17, 15) is 26.3 Å². The number of benzene rings is 1. The zero-order valence-corrected chi connectivity index (χ0v) is 13.4. The zero-order chi connectivity index (χ0) is 19.6. The van der Waals surface area contributed by atoms with Gasteiger partial charge in [0.05, 0.1) is 17.4 Å². The van der Waals surface area contributed by atoms with Crippen LogP contribution >= 0.6 is 0 Å². The molecule has 0 saturated heterocycles. The summed E-state index contributed by atoms with van der Waals surface area (Å²) in [6.45, 7) is 1.66. The molecule has 0 spiro atoms. The molecule has 0 radical (unpaired) electrons. The molecule has 0 amide bonds. The number of nitrogens with one attached hydrogen (secondary N) is 1. The maximum Gasteiger partial charge on any atom is 0.450 e. The van der Waals surface area contributed by atoms with E-state index in [1.165, 1.54) is 18.3 Å². The number of nitrogens with zero attached hydrogens (tertiary/aromatic N) is 4. The van der Waals surface area contributed by atoms with Crippen molar-refractivity contribution in [2.24, 2.45) is 0 Å². The Hall–Kier alpha value is -3.11. The Labute approximate surface area is 146 Å². The molecular formula is C16H9F6N5. The van der Waals surface area contributed by atoms with Crippen molar-refractivity contribution in [3.8, 4) is 5.69 Å². The molecule has 0 unspecified atom stereocenters. The predicted octanol–water partition coefficient (Wildman–Crippen LogP) is 4.64. The van der Waals surface area contributed by atoms with Crippen LogP contribution in [0.3, 0.4) is 0 Å². The topological polar surface area (TPSA) is 59.4 Å². The highest BCUT2D eigenvalue weighted by Crippen LogP contribution is 2.36. The fraction of sp³-hybridized carbons (Fsp3) is 0.188. The molecule has 11 heteroatoms. The SMILES string of the molecule is Cc1cc(-n2c(C(F)(F)F)nc3ccc(C(F)(F)F)nc32)cc2[nH]ncc12. The summed E-state index contributed by atoms with van der Waals surface area (Å²) in [6, 6.07) is 4.24. The van der Waals surface area contributed by atoms with Gasteiger partial charge < -0.3 is 0 Å². The number of aromatic nitrogens is 5. The van der Waals surface area contributed by atoms with E-state index in [1.807, 2.05) is 0 Å². The molecule has 3 heterocycles. The van der Waals surface area contributed by atoms with E-state index in [0.29, 0.717) is 27.1 Å². The normalized spacial score (nSPS) is 13.0. The third-order valence-electron chi connectivity index (χ3n) is 4.06. The van der Waals surface area contributed by atoms with Gasteiger partial charge in [-0.15, -0.1) is 0 Å². The summed E-state index contributed by atoms with van der Waals surface area (Å²) in [4.78, 5) is 6.87. The van der Waals surface area contributed by atoms with Crippen LogP contribution in [0.25, 0.3) is 27.8 Å². The molecule has 0 aliphatic rings. The second-order valence-corrected chi connectivity index (χ2v) is 5.90. The van der Waals surface area contributed by atoms with Crippen LogP contribution < -0.4 is 0 Å². The molecule has 0 aliphatic heterocycles. The minimum atomic E-state index is -4.89. The van der Waals surface area contributed by atoms with Crippen molar-refractivity contribution in [1.82, 2.24) is 24.7 Å². The first-order chi connectivity index (χ1) is 12.6. The van der Waals surface area contributed by atoms with Gasteiger partial charge in [0.15, 0.2) is 5.65 Å². The highest BCUT2D eigenvalue weighted by atomic mass is 19.4. The number of H-pyrrole nitrogens is 1. The first-order valence-electron chi connectivity index (χ1n) is 7.54. The summed E-state index contributed by atoms with van der Waals surface area (Å²) in [5, 5.41) is 7.15. The maximum atomic E-state index is 13.5. The lowest BCUT2D eigenvalue weighted by Crippen LogP contribution is -2.15. The first kappa shape index (κ1) is 17.3. The number of alkyl halides is 6. The number of hydrogen-bond acceptors (Lipinski definition) is 3. The highest BCUT2D eigenvalue weighted by molar-refractivity contribution is 5.85. The number of imidazole rings is 1. The Morgan fingerprint density at radius 3 is 2.37 bits per heavy atom. The maximum absolute atomic E-state index is 13.5. The standard InChI is InChI=1S/C16H9F6N5/c1-7-4-8(5-11-9(7)6-23-26-11)27-13-10(24-14(27)16(20,21)22)2-3-12(25-13)15(17,18)19/h2-6H,1H3,(H,23,26). The molecule has 0 fully saturated rings. The monoisotopic (exact) mass is 385 g/mol. The first-order valence-corrected chi connectivity index (χ1v) is 7.54. The Morgan fingerprint density at radius 2 is 1.70 bits per heavy atom. The Bertz CT molecular complexity index is 1170. The van der Waals surface area contributed by atoms with Gasteiger partial charge in [-0.3, -0.25) is 9.67 Å². The van der Waals surface area contributed by atoms with Gasteiger partial charge in [0.2, 0.25) is 5.82 Å². The zero-order valence-electron chi connectivity index (χ0n) is 13.4. The molecule has 1 N–H and O–H groups in total. The highest BCUT2D eigenvalue weighted by Gasteiger charge is 2.40. The minimum Gasteiger partial charge on any atom is -0.278 e. The van der Waals surface area contributed by atoms with Gasteiger partial charge in [0, 0.05) is 5.39 Å². The fourth-order valence-corrected chi connectivity index (χ4v) is 2.89. The van der Waals surface area contributed by atoms with Crippen molar-refractivity contribution in [3.63, 3.8) is 0 Å². The summed E-state index contributed by atoms with van der Waals surface area (Å²) >= 11 is 0. The van der Waals surface area contributed by atoms with Gasteiger partial charge in [0.1, 0.15) is 11.2 Å². The van der Waals surface area contributed by atoms with Crippen LogP contribution in [0.2, 0.25) is 0 Å². The average Bonchev–Trinajstić information content (AvgIpc) is 3.17. The van der Waals surface area contributed by atoms with Gasteiger partial charge in [0.25, 0.3) is 0 Å². The van der Waals surface area contributed by atoms with Gasteiger partial charge in [-0.2, -0.15) is 31.4 Å². The van der Waals surface area contributed by atoms with E-state index in [4.69, 9.17) is 0 Å². The Balaban J connectivity index is 2.09. The minimum absolute atomic E-state index is 0.0223. The summed E-state index contributed by atoms with van der Waals surface area (Å²) < 4.78 is 80.1. The third-order valence-corrected chi connectivity index (χ3v) is 4.06. The van der Waals surface area contributed by atoms with Gasteiger partial charge in [-0.25, -0.2) is 9.97 Å². The van der Waals surface area contributed by atoms with Crippen LogP contribution in [0.15, 0.2) is 30.5 Å². The van der Waals surface area contributed by atoms with Crippen LogP contribution in [0.1, 0.15) is 17.1 Å². The van der Waals surface area contributed by atoms with Crippen molar-refractivity contribution in [1.29, 1.82) is 0 Å². The third kappa shape index (κ3) is 2.78. The average molecular weight is 385 g/mol. The number of aromatic amines is 1. The van der Waals surface area contributed by atoms with E-state index in [-0.39, 0.29) is 11.2 Å². The van der Waals surface area contributed by atoms with Gasteiger partial charge >= 0.3 is 12.4 Å². The lowest BCUT2D eigenvalue weighted by molar-refractivity contribution is -0.145. The summed E-state index contributed by atoms with van der Waals surface area (Å²) in [6.07, 6.45) is -8.19. The van der Waals surface area contributed by atoms with E-state index in [2.05, 4.69) is 20.2 Å². The predicted molar refractivity (Wildman–Crippen MR) is 83.3 cm³/mol. The second kappa shape index (κ2) is 5.44. The quantitative estimate of drug-likeness (QED) is 0.486. The molecule has 3 aromatic heterocycles. The number of halogens is 6. The Kier molecular flexibility index (Phi) is 3.49. The number of pyridine rings is 1. The van der Waals surface area contributed by atoms with Crippen molar-refractivity contribution in [2.45, 2.75) is 19.3 Å². The lowest BCUT2D eigenvalue weighted by atomic mass is 10.1. The van der Waals surface area contributed by atoms with Crippen LogP contribution in [0, 0.1) is 6.92 Å². The van der Waals surface area contributed by atoms with E-state index < -0.39 is 29.5 Å². The number of aryl methyl sites for hydroxylation is 1. The molecule has 27 heavy (non-hydrogen) atoms. The second-order valence-electron chi connectivity index (χ2n) is 5.90. The number of hydrogen-bond donors (Lipinski definition) is 1. The van der Waals surface area contributed by atoms with Crippen LogP contribution in [-0.2, 0) is 12.4 Å². The summed E-state index contributed by atoms with van der Waals surface area (Å²) in [7, 11) is 0. The molecule has 0 saturated carbocycles. The van der Waals surface area contributed by atoms with E-state index >= 15 is 0 Å². The van der Waals surface area contributed by atoms with Crippen LogP contribution in [-0.4, -0.2) is 24.7 Å². The molecular weight excluding hydrogens is 376 g/mol. The molecule has 4 rings (SSSR count). The number of rotatable bonds is 1. The molecule has 4 aromatic rings. The van der Waals surface area contributed by atoms with Gasteiger partial charge in [-0.05, 0) is 36.8 Å². The van der Waals surface area contributed by atoms with Crippen molar-refractivity contribution >= 4 is 22.1 Å². The summed E-state index contributed by atoms with van der Waals surface area (Å²) in [5.74, 6) is -1.36. The summed E-state index contributed by atoms with van der Waals surface area (Å²) in [5.41, 5.74) is -1.12. The van der Waals surface area contributed by atoms with Gasteiger partial charge in [-0.1, -0.05) is 0 Å². The van der Waals surface area contributed by atoms with Crippen molar-refractivity contribution < 1.29 is 26.3 Å². The molecule has 0 atom stereocenters. The van der Waals surface area contributed by atoms with Crippen molar-refractivity contribution in [3.05, 3.63) is 47.5 Å². The van der Waals surface area contributed by atoms with E-state index in [1.54, 1.807) is 6.92 Å². The Morgan fingerprint density at radius 1 is 0.963 bits per heavy atom. The molecule has 140 valence electrons. The molecule has 5 nitrogen and oxygen atoms in total. The van der Waals surface area contributed by atoms with Crippen molar-refractivity contribution in [2.75, 3.05) is 0 Å². The molecule has 0 aliphatic carbocycles. The van der Waals surface area contributed by atoms with Crippen LogP contribution in [0.5, 0.6) is 0 Å². The largest absolute Gasteiger partial charge is 0.450 e. The molecule has 1 aromatic carbocycles. The lowest BCUT2D eigenvalue weighted by Gasteiger charge is -2.13. The molecule has 0 bridgehead atoms. The smallest absolute Gasteiger partial charge is 0.278 e. The number of fused-ring (bicyclic) bond motifs is 2. The fourth-order valence-electron chi connectivity index (χ4n) is 2.89. The van der Waals surface area contributed by atoms with Crippen LogP contribution in [0.4, 0.5) is 26.3 Å².